The van der Waals surface area contributed by atoms with Crippen LogP contribution in [0, 0.1) is 0 Å². The van der Waals surface area contributed by atoms with E-state index in [2.05, 4.69) is 0 Å². The van der Waals surface area contributed by atoms with Gasteiger partial charge in [0.2, 0.25) is 11.8 Å². The maximum Gasteiger partial charge on any atom is 0.224 e. The van der Waals surface area contributed by atoms with Gasteiger partial charge in [-0.05, 0) is 12.8 Å². The molecular weight excluding hydrogens is 274 g/mol. The Balaban J connectivity index is 2.34. The topological polar surface area (TPSA) is 66.6 Å². The molecule has 1 fully saturated rings. The van der Waals surface area contributed by atoms with E-state index in [4.69, 9.17) is 18.0 Å². The molecule has 1 aliphatic heterocycles. The second-order valence-electron chi connectivity index (χ2n) is 5.33. The molecule has 1 aliphatic rings. The van der Waals surface area contributed by atoms with Gasteiger partial charge < -0.3 is 15.5 Å². The molecule has 2 N–H and O–H groups in total. The molecule has 0 aromatic carbocycles. The number of hydrogen-bond acceptors (Lipinski definition) is 3. The van der Waals surface area contributed by atoms with Gasteiger partial charge in [-0.1, -0.05) is 25.1 Å². The highest BCUT2D eigenvalue weighted by molar-refractivity contribution is 7.80. The van der Waals surface area contributed by atoms with Crippen molar-refractivity contribution in [3.05, 3.63) is 0 Å². The van der Waals surface area contributed by atoms with E-state index in [0.717, 1.165) is 25.8 Å². The first kappa shape index (κ1) is 16.9. The summed E-state index contributed by atoms with van der Waals surface area (Å²) in [6.07, 6.45) is 5.85. The van der Waals surface area contributed by atoms with Gasteiger partial charge in [0, 0.05) is 45.9 Å². The highest BCUT2D eigenvalue weighted by Gasteiger charge is 2.17. The minimum absolute atomic E-state index is 0.0381. The third-order valence-electron chi connectivity index (χ3n) is 3.64. The molecule has 0 aliphatic carbocycles. The largest absolute Gasteiger partial charge is 0.393 e. The summed E-state index contributed by atoms with van der Waals surface area (Å²) in [6.45, 7) is 1.85. The smallest absolute Gasteiger partial charge is 0.224 e. The van der Waals surface area contributed by atoms with Gasteiger partial charge in [0.1, 0.15) is 0 Å². The second-order valence-corrected chi connectivity index (χ2v) is 5.85. The van der Waals surface area contributed by atoms with Crippen molar-refractivity contribution in [2.75, 3.05) is 26.7 Å². The Bertz CT molecular complexity index is 360. The lowest BCUT2D eigenvalue weighted by Crippen LogP contribution is -2.37. The minimum Gasteiger partial charge on any atom is -0.393 e. The summed E-state index contributed by atoms with van der Waals surface area (Å²) < 4.78 is 0. The van der Waals surface area contributed by atoms with Crippen LogP contribution in [0.3, 0.4) is 0 Å². The highest BCUT2D eigenvalue weighted by Crippen LogP contribution is 2.12. The molecule has 1 heterocycles. The van der Waals surface area contributed by atoms with Gasteiger partial charge in [-0.3, -0.25) is 9.59 Å². The molecule has 0 unspecified atom stereocenters. The molecule has 1 saturated heterocycles. The van der Waals surface area contributed by atoms with Crippen molar-refractivity contribution in [3.8, 4) is 0 Å². The first-order valence-electron chi connectivity index (χ1n) is 7.30. The van der Waals surface area contributed by atoms with Crippen molar-refractivity contribution in [3.63, 3.8) is 0 Å². The summed E-state index contributed by atoms with van der Waals surface area (Å²) in [7, 11) is 1.75. The number of nitrogens with zero attached hydrogens (tertiary/aromatic N) is 2. The molecule has 6 heteroatoms. The summed E-state index contributed by atoms with van der Waals surface area (Å²) >= 11 is 4.80. The average molecular weight is 299 g/mol. The number of amides is 2. The van der Waals surface area contributed by atoms with Crippen LogP contribution in [0.25, 0.3) is 0 Å². The van der Waals surface area contributed by atoms with E-state index >= 15 is 0 Å². The van der Waals surface area contributed by atoms with Crippen molar-refractivity contribution in [2.24, 2.45) is 5.73 Å². The molecule has 1 rings (SSSR count). The molecule has 20 heavy (non-hydrogen) atoms. The molecule has 0 radical (unpaired) electrons. The van der Waals surface area contributed by atoms with Crippen molar-refractivity contribution in [1.29, 1.82) is 0 Å². The maximum atomic E-state index is 12.0. The first-order chi connectivity index (χ1) is 9.50. The minimum atomic E-state index is 0.0381. The van der Waals surface area contributed by atoms with Crippen LogP contribution in [0.2, 0.25) is 0 Å². The van der Waals surface area contributed by atoms with Crippen LogP contribution in [-0.2, 0) is 9.59 Å². The number of thiocarbonyl (C=S) groups is 1. The number of carbonyl (C=O) groups is 2. The zero-order valence-electron chi connectivity index (χ0n) is 12.3. The van der Waals surface area contributed by atoms with Crippen LogP contribution < -0.4 is 5.73 Å². The van der Waals surface area contributed by atoms with E-state index in [9.17, 15) is 9.59 Å². The third kappa shape index (κ3) is 6.32. The summed E-state index contributed by atoms with van der Waals surface area (Å²) in [6, 6.07) is 0. The van der Waals surface area contributed by atoms with E-state index in [1.54, 1.807) is 11.9 Å². The van der Waals surface area contributed by atoms with Gasteiger partial charge in [-0.15, -0.1) is 0 Å². The lowest BCUT2D eigenvalue weighted by atomic mass is 10.1. The van der Waals surface area contributed by atoms with E-state index in [1.165, 1.54) is 6.42 Å². The number of likely N-dealkylation sites (tertiary alicyclic amines) is 1. The average Bonchev–Trinajstić information content (AvgIpc) is 2.39. The van der Waals surface area contributed by atoms with Crippen molar-refractivity contribution in [1.82, 2.24) is 9.80 Å². The molecule has 0 bridgehead atoms. The summed E-state index contributed by atoms with van der Waals surface area (Å²) in [5.41, 5.74) is 5.42. The van der Waals surface area contributed by atoms with Crippen LogP contribution in [0.5, 0.6) is 0 Å². The summed E-state index contributed by atoms with van der Waals surface area (Å²) in [5.74, 6) is 0.222. The standard InChI is InChI=1S/C14H25N3O2S/c1-16(10-7-12(15)20)13(18)8-11-17-9-5-3-2-4-6-14(17)19/h2-11H2,1H3,(H2,15,20). The summed E-state index contributed by atoms with van der Waals surface area (Å²) in [4.78, 5) is 27.8. The number of carbonyl (C=O) groups excluding carboxylic acids is 2. The monoisotopic (exact) mass is 299 g/mol. The lowest BCUT2D eigenvalue weighted by molar-refractivity contribution is -0.134. The Hall–Kier alpha value is -1.17. The molecule has 2 amide bonds. The second kappa shape index (κ2) is 8.89. The molecule has 0 aromatic rings. The number of rotatable bonds is 6. The number of hydrogen-bond donors (Lipinski definition) is 1. The van der Waals surface area contributed by atoms with Crippen LogP contribution in [0.1, 0.15) is 44.9 Å². The maximum absolute atomic E-state index is 12.0. The highest BCUT2D eigenvalue weighted by atomic mass is 32.1. The fourth-order valence-corrected chi connectivity index (χ4v) is 2.37. The third-order valence-corrected chi connectivity index (χ3v) is 3.84. The SMILES string of the molecule is CN(CCC(N)=S)C(=O)CCN1CCCCCCC1=O. The molecule has 0 atom stereocenters. The fourth-order valence-electron chi connectivity index (χ4n) is 2.28. The molecule has 114 valence electrons. The van der Waals surface area contributed by atoms with E-state index in [1.807, 2.05) is 4.90 Å². The van der Waals surface area contributed by atoms with Crippen molar-refractivity contribution in [2.45, 2.75) is 44.9 Å². The van der Waals surface area contributed by atoms with Crippen molar-refractivity contribution >= 4 is 29.0 Å². The van der Waals surface area contributed by atoms with E-state index in [-0.39, 0.29) is 11.8 Å². The first-order valence-corrected chi connectivity index (χ1v) is 7.71. The molecule has 0 spiro atoms. The van der Waals surface area contributed by atoms with Gasteiger partial charge in [0.05, 0.1) is 4.99 Å². The zero-order valence-corrected chi connectivity index (χ0v) is 13.1. The van der Waals surface area contributed by atoms with Gasteiger partial charge in [-0.2, -0.15) is 0 Å². The van der Waals surface area contributed by atoms with Gasteiger partial charge in [0.15, 0.2) is 0 Å². The normalized spacial score (nSPS) is 16.4. The molecular formula is C14H25N3O2S. The molecule has 0 aromatic heterocycles. The predicted octanol–water partition coefficient (Wildman–Crippen LogP) is 1.30. The van der Waals surface area contributed by atoms with Crippen LogP contribution in [-0.4, -0.2) is 53.3 Å². The van der Waals surface area contributed by atoms with Gasteiger partial charge >= 0.3 is 0 Å². The lowest BCUT2D eigenvalue weighted by Gasteiger charge is -2.25. The van der Waals surface area contributed by atoms with Gasteiger partial charge in [0.25, 0.3) is 0 Å². The van der Waals surface area contributed by atoms with Gasteiger partial charge in [-0.25, -0.2) is 0 Å². The summed E-state index contributed by atoms with van der Waals surface area (Å²) in [5, 5.41) is 0. The van der Waals surface area contributed by atoms with E-state index in [0.29, 0.717) is 37.3 Å². The Morgan fingerprint density at radius 1 is 1.30 bits per heavy atom. The molecule has 5 nitrogen and oxygen atoms in total. The Labute approximate surface area is 126 Å². The predicted molar refractivity (Wildman–Crippen MR) is 83.3 cm³/mol. The van der Waals surface area contributed by atoms with Crippen LogP contribution in [0.4, 0.5) is 0 Å². The number of nitrogens with two attached hydrogens (primary N) is 1. The quantitative estimate of drug-likeness (QED) is 0.751. The fraction of sp³-hybridized carbons (Fsp3) is 0.786. The van der Waals surface area contributed by atoms with Crippen LogP contribution >= 0.6 is 12.2 Å². The van der Waals surface area contributed by atoms with Crippen LogP contribution in [0.15, 0.2) is 0 Å². The Morgan fingerprint density at radius 2 is 2.00 bits per heavy atom. The Morgan fingerprint density at radius 3 is 2.70 bits per heavy atom. The molecule has 0 saturated carbocycles. The van der Waals surface area contributed by atoms with Crippen molar-refractivity contribution < 1.29 is 9.59 Å². The Kier molecular flexibility index (Phi) is 7.51. The van der Waals surface area contributed by atoms with E-state index < -0.39 is 0 Å². The zero-order chi connectivity index (χ0) is 15.0.